The quantitative estimate of drug-likeness (QED) is 0.802. The van der Waals surface area contributed by atoms with Gasteiger partial charge in [-0.3, -0.25) is 14.7 Å². The van der Waals surface area contributed by atoms with Gasteiger partial charge in [0.25, 0.3) is 5.91 Å². The Morgan fingerprint density at radius 1 is 0.893 bits per heavy atom. The molecule has 1 aromatic carbocycles. The van der Waals surface area contributed by atoms with E-state index in [2.05, 4.69) is 45.1 Å². The zero-order valence-electron chi connectivity index (χ0n) is 16.5. The van der Waals surface area contributed by atoms with Crippen LogP contribution in [0.5, 0.6) is 0 Å². The van der Waals surface area contributed by atoms with Crippen LogP contribution in [-0.2, 0) is 6.42 Å². The average molecular weight is 379 g/mol. The van der Waals surface area contributed by atoms with Crippen molar-refractivity contribution in [2.45, 2.75) is 25.3 Å². The van der Waals surface area contributed by atoms with E-state index in [0.29, 0.717) is 6.04 Å². The molecule has 0 atom stereocenters. The molecule has 1 amide bonds. The van der Waals surface area contributed by atoms with Gasteiger partial charge in [-0.2, -0.15) is 0 Å². The van der Waals surface area contributed by atoms with Gasteiger partial charge in [0.15, 0.2) is 0 Å². The van der Waals surface area contributed by atoms with E-state index in [1.165, 1.54) is 5.56 Å². The number of carbonyl (C=O) groups excluding carboxylic acids is 1. The van der Waals surface area contributed by atoms with E-state index in [-0.39, 0.29) is 5.91 Å². The lowest BCUT2D eigenvalue weighted by molar-refractivity contribution is 0.0483. The number of piperazine rings is 1. The SMILES string of the molecule is O=C(c1ccncc1)N1CCC(N2CCN(CCc3ccccc3)CC2)CC1. The highest BCUT2D eigenvalue weighted by atomic mass is 16.2. The Balaban J connectivity index is 1.19. The Kier molecular flexibility index (Phi) is 6.34. The third-order valence-corrected chi connectivity index (χ3v) is 6.16. The van der Waals surface area contributed by atoms with Gasteiger partial charge in [0.2, 0.25) is 0 Å². The van der Waals surface area contributed by atoms with Crippen LogP contribution in [0.2, 0.25) is 0 Å². The first kappa shape index (κ1) is 19.1. The molecule has 0 radical (unpaired) electrons. The highest BCUT2D eigenvalue weighted by Crippen LogP contribution is 2.20. The number of hydrogen-bond donors (Lipinski definition) is 0. The smallest absolute Gasteiger partial charge is 0.253 e. The lowest BCUT2D eigenvalue weighted by Crippen LogP contribution is -2.53. The lowest BCUT2D eigenvalue weighted by atomic mass is 10.0. The highest BCUT2D eigenvalue weighted by molar-refractivity contribution is 5.94. The van der Waals surface area contributed by atoms with E-state index in [1.54, 1.807) is 12.4 Å². The molecule has 2 fully saturated rings. The molecule has 148 valence electrons. The molecule has 0 aliphatic carbocycles. The molecule has 2 aliphatic rings. The Morgan fingerprint density at radius 2 is 1.57 bits per heavy atom. The van der Waals surface area contributed by atoms with Gasteiger partial charge in [0, 0.05) is 69.8 Å². The number of rotatable bonds is 5. The Bertz CT molecular complexity index is 736. The molecule has 4 rings (SSSR count). The van der Waals surface area contributed by atoms with Gasteiger partial charge in [-0.15, -0.1) is 0 Å². The molecule has 5 heteroatoms. The number of likely N-dealkylation sites (tertiary alicyclic amines) is 1. The maximum atomic E-state index is 12.6. The van der Waals surface area contributed by atoms with Crippen molar-refractivity contribution in [2.24, 2.45) is 0 Å². The van der Waals surface area contributed by atoms with Crippen LogP contribution in [-0.4, -0.2) is 77.4 Å². The lowest BCUT2D eigenvalue weighted by Gasteiger charge is -2.42. The molecular formula is C23H30N4O. The summed E-state index contributed by atoms with van der Waals surface area (Å²) in [6.45, 7) is 7.48. The van der Waals surface area contributed by atoms with Crippen molar-refractivity contribution >= 4 is 5.91 Å². The third kappa shape index (κ3) is 4.78. The van der Waals surface area contributed by atoms with Crippen molar-refractivity contribution in [3.05, 3.63) is 66.0 Å². The molecule has 1 aromatic heterocycles. The number of carbonyl (C=O) groups is 1. The Hall–Kier alpha value is -2.24. The molecule has 2 aliphatic heterocycles. The minimum Gasteiger partial charge on any atom is -0.339 e. The Labute approximate surface area is 168 Å². The molecule has 0 bridgehead atoms. The number of benzene rings is 1. The fourth-order valence-corrected chi connectivity index (χ4v) is 4.40. The van der Waals surface area contributed by atoms with Gasteiger partial charge in [0.1, 0.15) is 0 Å². The molecule has 5 nitrogen and oxygen atoms in total. The van der Waals surface area contributed by atoms with E-state index in [1.807, 2.05) is 17.0 Å². The second kappa shape index (κ2) is 9.30. The number of aromatic nitrogens is 1. The van der Waals surface area contributed by atoms with E-state index in [0.717, 1.165) is 70.6 Å². The highest BCUT2D eigenvalue weighted by Gasteiger charge is 2.29. The van der Waals surface area contributed by atoms with Crippen LogP contribution >= 0.6 is 0 Å². The summed E-state index contributed by atoms with van der Waals surface area (Å²) in [7, 11) is 0. The largest absolute Gasteiger partial charge is 0.339 e. The summed E-state index contributed by atoms with van der Waals surface area (Å²) in [5.74, 6) is 0.145. The van der Waals surface area contributed by atoms with Crippen molar-refractivity contribution in [1.29, 1.82) is 0 Å². The van der Waals surface area contributed by atoms with Gasteiger partial charge in [-0.05, 0) is 37.0 Å². The van der Waals surface area contributed by atoms with Crippen LogP contribution in [0.3, 0.4) is 0 Å². The third-order valence-electron chi connectivity index (χ3n) is 6.16. The van der Waals surface area contributed by atoms with Crippen LogP contribution in [0.4, 0.5) is 0 Å². The summed E-state index contributed by atoms with van der Waals surface area (Å²) in [6.07, 6.45) is 6.69. The van der Waals surface area contributed by atoms with Crippen molar-refractivity contribution in [3.8, 4) is 0 Å². The second-order valence-electron chi connectivity index (χ2n) is 7.87. The first-order chi connectivity index (χ1) is 13.8. The topological polar surface area (TPSA) is 39.7 Å². The molecule has 2 saturated heterocycles. The van der Waals surface area contributed by atoms with Gasteiger partial charge >= 0.3 is 0 Å². The molecule has 0 N–H and O–H groups in total. The minimum atomic E-state index is 0.145. The number of hydrogen-bond acceptors (Lipinski definition) is 4. The van der Waals surface area contributed by atoms with Crippen LogP contribution in [0.1, 0.15) is 28.8 Å². The minimum absolute atomic E-state index is 0.145. The predicted octanol–water partition coefficient (Wildman–Crippen LogP) is 2.55. The molecule has 28 heavy (non-hydrogen) atoms. The summed E-state index contributed by atoms with van der Waals surface area (Å²) in [5.41, 5.74) is 2.18. The molecule has 0 spiro atoms. The van der Waals surface area contributed by atoms with Crippen molar-refractivity contribution in [2.75, 3.05) is 45.8 Å². The summed E-state index contributed by atoms with van der Waals surface area (Å²) in [6, 6.07) is 15.0. The number of pyridine rings is 1. The van der Waals surface area contributed by atoms with Crippen molar-refractivity contribution in [3.63, 3.8) is 0 Å². The molecule has 0 saturated carbocycles. The maximum absolute atomic E-state index is 12.6. The number of piperidine rings is 1. The molecule has 3 heterocycles. The number of amides is 1. The van der Waals surface area contributed by atoms with E-state index in [4.69, 9.17) is 0 Å². The fourth-order valence-electron chi connectivity index (χ4n) is 4.40. The normalized spacial score (nSPS) is 19.6. The van der Waals surface area contributed by atoms with Gasteiger partial charge in [-0.25, -0.2) is 0 Å². The predicted molar refractivity (Wildman–Crippen MR) is 111 cm³/mol. The fraction of sp³-hybridized carbons (Fsp3) is 0.478. The molecule has 0 unspecified atom stereocenters. The van der Waals surface area contributed by atoms with Gasteiger partial charge < -0.3 is 9.80 Å². The zero-order chi connectivity index (χ0) is 19.2. The van der Waals surface area contributed by atoms with Gasteiger partial charge in [0.05, 0.1) is 0 Å². The van der Waals surface area contributed by atoms with Crippen LogP contribution in [0.15, 0.2) is 54.9 Å². The summed E-state index contributed by atoms with van der Waals surface area (Å²) < 4.78 is 0. The second-order valence-corrected chi connectivity index (χ2v) is 7.87. The van der Waals surface area contributed by atoms with Crippen molar-refractivity contribution < 1.29 is 4.79 Å². The van der Waals surface area contributed by atoms with Gasteiger partial charge in [-0.1, -0.05) is 30.3 Å². The monoisotopic (exact) mass is 378 g/mol. The zero-order valence-corrected chi connectivity index (χ0v) is 16.5. The van der Waals surface area contributed by atoms with E-state index >= 15 is 0 Å². The number of nitrogens with zero attached hydrogens (tertiary/aromatic N) is 4. The van der Waals surface area contributed by atoms with Crippen LogP contribution in [0, 0.1) is 0 Å². The van der Waals surface area contributed by atoms with Crippen LogP contribution in [0.25, 0.3) is 0 Å². The standard InChI is InChI=1S/C23H30N4O/c28-23(21-6-11-24-12-7-21)27-14-9-22(10-15-27)26-18-16-25(17-19-26)13-8-20-4-2-1-3-5-20/h1-7,11-12,22H,8-10,13-19H2. The summed E-state index contributed by atoms with van der Waals surface area (Å²) >= 11 is 0. The molecular weight excluding hydrogens is 348 g/mol. The van der Waals surface area contributed by atoms with E-state index < -0.39 is 0 Å². The van der Waals surface area contributed by atoms with Crippen molar-refractivity contribution in [1.82, 2.24) is 19.7 Å². The first-order valence-electron chi connectivity index (χ1n) is 10.5. The maximum Gasteiger partial charge on any atom is 0.253 e. The van der Waals surface area contributed by atoms with E-state index in [9.17, 15) is 4.79 Å². The first-order valence-corrected chi connectivity index (χ1v) is 10.5. The Morgan fingerprint density at radius 3 is 2.25 bits per heavy atom. The summed E-state index contributed by atoms with van der Waals surface area (Å²) in [5, 5.41) is 0. The molecule has 2 aromatic rings. The van der Waals surface area contributed by atoms with Crippen LogP contribution < -0.4 is 0 Å². The summed E-state index contributed by atoms with van der Waals surface area (Å²) in [4.78, 5) is 23.8. The average Bonchev–Trinajstić information content (AvgIpc) is 2.79.